The summed E-state index contributed by atoms with van der Waals surface area (Å²) in [5, 5.41) is 3.11. The smallest absolute Gasteiger partial charge is 0.266 e. The number of anilines is 1. The number of thiazole rings is 1. The van der Waals surface area contributed by atoms with Crippen LogP contribution in [0.1, 0.15) is 16.1 Å². The van der Waals surface area contributed by atoms with Gasteiger partial charge in [0.15, 0.2) is 5.13 Å². The van der Waals surface area contributed by atoms with Gasteiger partial charge in [0.2, 0.25) is 0 Å². The monoisotopic (exact) mass is 421 g/mol. The normalized spacial score (nSPS) is 11.8. The molecule has 25 heavy (non-hydrogen) atoms. The SMILES string of the molecule is CON(C)S(=O)(=O)c1cc(C(=O)Nc2nc(C)c(SC)s2)ccc1Cl. The van der Waals surface area contributed by atoms with Crippen LogP contribution in [0.3, 0.4) is 0 Å². The Kier molecular flexibility index (Phi) is 6.46. The fourth-order valence-corrected chi connectivity index (χ4v) is 4.95. The zero-order valence-corrected chi connectivity index (χ0v) is 17.1. The number of amides is 1. The summed E-state index contributed by atoms with van der Waals surface area (Å²) in [7, 11) is -1.52. The molecule has 0 spiro atoms. The van der Waals surface area contributed by atoms with E-state index in [0.717, 1.165) is 9.90 Å². The molecule has 0 unspecified atom stereocenters. The van der Waals surface area contributed by atoms with Crippen LogP contribution in [0.4, 0.5) is 5.13 Å². The second-order valence-corrected chi connectivity index (χ2v) is 9.18. The highest BCUT2D eigenvalue weighted by Crippen LogP contribution is 2.31. The van der Waals surface area contributed by atoms with Crippen molar-refractivity contribution in [2.75, 3.05) is 25.7 Å². The van der Waals surface area contributed by atoms with E-state index in [-0.39, 0.29) is 15.5 Å². The maximum atomic E-state index is 12.4. The molecule has 2 rings (SSSR count). The van der Waals surface area contributed by atoms with Gasteiger partial charge in [0.25, 0.3) is 15.9 Å². The van der Waals surface area contributed by atoms with Crippen LogP contribution in [-0.2, 0) is 14.9 Å². The number of halogens is 1. The number of nitrogens with one attached hydrogen (secondary N) is 1. The third-order valence-electron chi connectivity index (χ3n) is 3.23. The van der Waals surface area contributed by atoms with Gasteiger partial charge in [0, 0.05) is 12.6 Å². The molecule has 1 N–H and O–H groups in total. The minimum atomic E-state index is -3.97. The van der Waals surface area contributed by atoms with Gasteiger partial charge < -0.3 is 0 Å². The third-order valence-corrected chi connectivity index (χ3v) is 7.67. The Hall–Kier alpha value is -1.17. The average molecular weight is 422 g/mol. The minimum Gasteiger partial charge on any atom is -0.298 e. The Balaban J connectivity index is 2.33. The fraction of sp³-hybridized carbons (Fsp3) is 0.286. The molecule has 0 fully saturated rings. The second-order valence-electron chi connectivity index (χ2n) is 4.79. The van der Waals surface area contributed by atoms with Crippen molar-refractivity contribution in [3.05, 3.63) is 34.5 Å². The number of sulfonamides is 1. The molecule has 136 valence electrons. The zero-order valence-electron chi connectivity index (χ0n) is 13.9. The van der Waals surface area contributed by atoms with Crippen LogP contribution >= 0.6 is 34.7 Å². The van der Waals surface area contributed by atoms with Crippen molar-refractivity contribution >= 4 is 55.8 Å². The number of aryl methyl sites for hydroxylation is 1. The molecule has 0 aliphatic heterocycles. The van der Waals surface area contributed by atoms with E-state index in [4.69, 9.17) is 16.4 Å². The number of nitrogens with zero attached hydrogens (tertiary/aromatic N) is 2. The Bertz CT molecular complexity index is 899. The van der Waals surface area contributed by atoms with Gasteiger partial charge in [0.05, 0.1) is 22.0 Å². The van der Waals surface area contributed by atoms with Crippen LogP contribution in [-0.4, -0.2) is 44.2 Å². The van der Waals surface area contributed by atoms with Crippen LogP contribution in [0.25, 0.3) is 0 Å². The molecule has 0 radical (unpaired) electrons. The molecule has 2 aromatic rings. The summed E-state index contributed by atoms with van der Waals surface area (Å²) in [4.78, 5) is 21.2. The first kappa shape index (κ1) is 20.1. The van der Waals surface area contributed by atoms with E-state index < -0.39 is 15.9 Å². The molecule has 0 atom stereocenters. The molecule has 1 aromatic carbocycles. The predicted octanol–water partition coefficient (Wildman–Crippen LogP) is 3.26. The third kappa shape index (κ3) is 4.33. The topological polar surface area (TPSA) is 88.6 Å². The largest absolute Gasteiger partial charge is 0.298 e. The number of thioether (sulfide) groups is 1. The maximum Gasteiger partial charge on any atom is 0.266 e. The number of rotatable bonds is 6. The first-order valence-corrected chi connectivity index (χ1v) is 10.7. The highest BCUT2D eigenvalue weighted by Gasteiger charge is 2.25. The number of hydrogen-bond donors (Lipinski definition) is 1. The Morgan fingerprint density at radius 1 is 1.44 bits per heavy atom. The van der Waals surface area contributed by atoms with Gasteiger partial charge in [-0.3, -0.25) is 14.9 Å². The van der Waals surface area contributed by atoms with Gasteiger partial charge in [-0.15, -0.1) is 11.8 Å². The highest BCUT2D eigenvalue weighted by molar-refractivity contribution is 8.00. The van der Waals surface area contributed by atoms with Crippen molar-refractivity contribution in [2.45, 2.75) is 16.0 Å². The summed E-state index contributed by atoms with van der Waals surface area (Å²) < 4.78 is 26.4. The lowest BCUT2D eigenvalue weighted by Gasteiger charge is -2.15. The summed E-state index contributed by atoms with van der Waals surface area (Å²) in [6.07, 6.45) is 1.93. The van der Waals surface area contributed by atoms with E-state index in [9.17, 15) is 13.2 Å². The fourth-order valence-electron chi connectivity index (χ4n) is 1.87. The molecule has 0 bridgehead atoms. The van der Waals surface area contributed by atoms with Gasteiger partial charge >= 0.3 is 0 Å². The highest BCUT2D eigenvalue weighted by atomic mass is 35.5. The number of aromatic nitrogens is 1. The lowest BCUT2D eigenvalue weighted by molar-refractivity contribution is -0.0258. The van der Waals surface area contributed by atoms with E-state index in [2.05, 4.69) is 10.3 Å². The van der Waals surface area contributed by atoms with Gasteiger partial charge in [-0.25, -0.2) is 13.4 Å². The van der Waals surface area contributed by atoms with Crippen molar-refractivity contribution in [1.29, 1.82) is 0 Å². The lowest BCUT2D eigenvalue weighted by Crippen LogP contribution is -2.26. The number of carbonyl (C=O) groups is 1. The predicted molar refractivity (Wildman–Crippen MR) is 100.0 cm³/mol. The van der Waals surface area contributed by atoms with Crippen molar-refractivity contribution in [2.24, 2.45) is 0 Å². The zero-order chi connectivity index (χ0) is 18.8. The van der Waals surface area contributed by atoms with Crippen LogP contribution < -0.4 is 5.32 Å². The molecule has 7 nitrogen and oxygen atoms in total. The number of hydrogen-bond acceptors (Lipinski definition) is 7. The molecule has 1 aromatic heterocycles. The van der Waals surface area contributed by atoms with E-state index in [1.54, 1.807) is 11.8 Å². The van der Waals surface area contributed by atoms with Crippen LogP contribution in [0, 0.1) is 6.92 Å². The van der Waals surface area contributed by atoms with Crippen LogP contribution in [0.2, 0.25) is 5.02 Å². The van der Waals surface area contributed by atoms with Crippen molar-refractivity contribution in [3.8, 4) is 0 Å². The van der Waals surface area contributed by atoms with Gasteiger partial charge in [-0.05, 0) is 31.4 Å². The van der Waals surface area contributed by atoms with E-state index in [1.807, 2.05) is 13.2 Å². The summed E-state index contributed by atoms with van der Waals surface area (Å²) in [6.45, 7) is 1.85. The molecule has 0 saturated heterocycles. The quantitative estimate of drug-likeness (QED) is 0.568. The average Bonchev–Trinajstić information content (AvgIpc) is 2.93. The summed E-state index contributed by atoms with van der Waals surface area (Å²) in [5.74, 6) is -0.477. The van der Waals surface area contributed by atoms with Crippen molar-refractivity contribution in [1.82, 2.24) is 9.45 Å². The minimum absolute atomic E-state index is 0.00443. The van der Waals surface area contributed by atoms with Gasteiger partial charge in [-0.1, -0.05) is 27.4 Å². The summed E-state index contributed by atoms with van der Waals surface area (Å²) in [6, 6.07) is 4.01. The van der Waals surface area contributed by atoms with Crippen molar-refractivity contribution < 1.29 is 18.0 Å². The summed E-state index contributed by atoms with van der Waals surface area (Å²) in [5.41, 5.74) is 0.972. The van der Waals surface area contributed by atoms with Crippen molar-refractivity contribution in [3.63, 3.8) is 0 Å². The van der Waals surface area contributed by atoms with E-state index in [1.165, 1.54) is 43.7 Å². The Morgan fingerprint density at radius 3 is 2.68 bits per heavy atom. The van der Waals surface area contributed by atoms with Gasteiger partial charge in [0.1, 0.15) is 4.90 Å². The second kappa shape index (κ2) is 8.02. The Morgan fingerprint density at radius 2 is 2.12 bits per heavy atom. The first-order valence-electron chi connectivity index (χ1n) is 6.86. The standard InChI is InChI=1S/C14H16ClN3O4S3/c1-8-13(23-4)24-14(16-8)17-12(19)9-5-6-10(15)11(7-9)25(20,21)18(2)22-3/h5-7H,1-4H3,(H,16,17,19). The van der Waals surface area contributed by atoms with E-state index in [0.29, 0.717) is 9.60 Å². The van der Waals surface area contributed by atoms with Crippen LogP contribution in [0.5, 0.6) is 0 Å². The van der Waals surface area contributed by atoms with Gasteiger partial charge in [-0.2, -0.15) is 0 Å². The molecule has 1 amide bonds. The first-order chi connectivity index (χ1) is 11.7. The van der Waals surface area contributed by atoms with E-state index >= 15 is 0 Å². The molecule has 11 heteroatoms. The number of benzene rings is 1. The maximum absolute atomic E-state index is 12.4. The number of carbonyl (C=O) groups excluding carboxylic acids is 1. The number of hydroxylamine groups is 1. The molecular weight excluding hydrogens is 406 g/mol. The molecular formula is C14H16ClN3O4S3. The molecule has 0 saturated carbocycles. The van der Waals surface area contributed by atoms with Crippen LogP contribution in [0.15, 0.2) is 27.3 Å². The Labute approximate surface area is 159 Å². The molecule has 0 aliphatic rings. The molecule has 1 heterocycles. The lowest BCUT2D eigenvalue weighted by atomic mass is 10.2. The summed E-state index contributed by atoms with van der Waals surface area (Å²) >= 11 is 8.88. The molecule has 0 aliphatic carbocycles.